The predicted octanol–water partition coefficient (Wildman–Crippen LogP) is 4.73. The van der Waals surface area contributed by atoms with Crippen molar-refractivity contribution in [3.63, 3.8) is 0 Å². The number of hydrogen-bond donors (Lipinski definition) is 1. The molecule has 0 saturated heterocycles. The molecule has 2 aromatic carbocycles. The highest BCUT2D eigenvalue weighted by Crippen LogP contribution is 2.40. The molecule has 4 rings (SSSR count). The van der Waals surface area contributed by atoms with Crippen LogP contribution in [-0.4, -0.2) is 26.0 Å². The quantitative estimate of drug-likeness (QED) is 0.590. The number of halogens is 3. The summed E-state index contributed by atoms with van der Waals surface area (Å²) < 4.78 is 72.5. The molecule has 0 radical (unpaired) electrons. The van der Waals surface area contributed by atoms with Gasteiger partial charge in [-0.1, -0.05) is 18.2 Å². The van der Waals surface area contributed by atoms with Crippen LogP contribution in [-0.2, 0) is 16.4 Å². The largest absolute Gasteiger partial charge is 0.435 e. The maximum atomic E-state index is 14.8. The lowest BCUT2D eigenvalue weighted by Gasteiger charge is -2.22. The average Bonchev–Trinajstić information content (AvgIpc) is 3.14. The molecule has 5 nitrogen and oxygen atoms in total. The lowest BCUT2D eigenvalue weighted by Crippen LogP contribution is -2.20. The van der Waals surface area contributed by atoms with E-state index in [1.165, 1.54) is 42.6 Å². The van der Waals surface area contributed by atoms with Gasteiger partial charge in [-0.05, 0) is 61.7 Å². The second-order valence-corrected chi connectivity index (χ2v) is 9.09. The number of hydrogen-bond acceptors (Lipinski definition) is 4. The molecule has 0 bridgehead atoms. The van der Waals surface area contributed by atoms with Gasteiger partial charge in [-0.15, -0.1) is 0 Å². The van der Waals surface area contributed by atoms with Gasteiger partial charge < -0.3 is 10.1 Å². The first-order valence-corrected chi connectivity index (χ1v) is 11.2. The van der Waals surface area contributed by atoms with E-state index in [2.05, 4.69) is 10.1 Å². The van der Waals surface area contributed by atoms with Crippen LogP contribution in [0.3, 0.4) is 0 Å². The number of alkyl halides is 2. The Bertz CT molecular complexity index is 1210. The van der Waals surface area contributed by atoms with Gasteiger partial charge in [0.2, 0.25) is 0 Å². The summed E-state index contributed by atoms with van der Waals surface area (Å²) in [6.45, 7) is -3.08. The molecule has 0 fully saturated rings. The molecule has 0 spiro atoms. The van der Waals surface area contributed by atoms with Crippen molar-refractivity contribution in [3.05, 3.63) is 71.7 Å². The van der Waals surface area contributed by atoms with Crippen LogP contribution in [0.5, 0.6) is 5.75 Å². The smallest absolute Gasteiger partial charge is 0.387 e. The highest BCUT2D eigenvalue weighted by molar-refractivity contribution is 7.90. The summed E-state index contributed by atoms with van der Waals surface area (Å²) in [6.07, 6.45) is 3.76. The van der Waals surface area contributed by atoms with Crippen LogP contribution >= 0.6 is 0 Å². The standard InChI is InChI=1S/C22H21F3N2O3S/c1-26-20-11-5-9-16-18(20)13-27(21(16)17-8-2-3-10-19(17)23)31(28,29)15-7-4-6-14(12-15)30-22(24)25/h2-4,6-8,10,12-13,20,22,26H,5,9,11H2,1H3. The zero-order valence-corrected chi connectivity index (χ0v) is 17.5. The summed E-state index contributed by atoms with van der Waals surface area (Å²) in [4.78, 5) is -0.225. The summed E-state index contributed by atoms with van der Waals surface area (Å²) in [5.41, 5.74) is 1.98. The lowest BCUT2D eigenvalue weighted by atomic mass is 9.88. The Morgan fingerprint density at radius 1 is 1.16 bits per heavy atom. The molecular weight excluding hydrogens is 429 g/mol. The summed E-state index contributed by atoms with van der Waals surface area (Å²) >= 11 is 0. The van der Waals surface area contributed by atoms with Crippen molar-refractivity contribution in [3.8, 4) is 17.0 Å². The van der Waals surface area contributed by atoms with Gasteiger partial charge in [-0.2, -0.15) is 8.78 Å². The number of nitrogens with one attached hydrogen (secondary N) is 1. The summed E-state index contributed by atoms with van der Waals surface area (Å²) in [5.74, 6) is -0.810. The molecule has 3 aromatic rings. The third-order valence-corrected chi connectivity index (χ3v) is 7.13. The van der Waals surface area contributed by atoms with Crippen LogP contribution in [0.4, 0.5) is 13.2 Å². The Kier molecular flexibility index (Phi) is 5.81. The minimum absolute atomic E-state index is 0.0702. The molecule has 1 N–H and O–H groups in total. The monoisotopic (exact) mass is 450 g/mol. The van der Waals surface area contributed by atoms with Crippen molar-refractivity contribution >= 4 is 10.0 Å². The number of nitrogens with zero attached hydrogens (tertiary/aromatic N) is 1. The molecule has 9 heteroatoms. The molecule has 1 aromatic heterocycles. The van der Waals surface area contributed by atoms with Crippen molar-refractivity contribution < 1.29 is 26.3 Å². The predicted molar refractivity (Wildman–Crippen MR) is 110 cm³/mol. The van der Waals surface area contributed by atoms with Crippen molar-refractivity contribution in [1.29, 1.82) is 0 Å². The molecule has 31 heavy (non-hydrogen) atoms. The van der Waals surface area contributed by atoms with Gasteiger partial charge >= 0.3 is 6.61 Å². The van der Waals surface area contributed by atoms with E-state index >= 15 is 0 Å². The van der Waals surface area contributed by atoms with Gasteiger partial charge in [0.05, 0.1) is 10.6 Å². The average molecular weight is 450 g/mol. The van der Waals surface area contributed by atoms with E-state index in [1.54, 1.807) is 13.1 Å². The SMILES string of the molecule is CNC1CCCc2c1cn(S(=O)(=O)c1cccc(OC(F)F)c1)c2-c1ccccc1F. The first-order chi connectivity index (χ1) is 14.8. The topological polar surface area (TPSA) is 60.3 Å². The minimum Gasteiger partial charge on any atom is -0.435 e. The Balaban J connectivity index is 1.94. The molecular formula is C22H21F3N2O3S. The maximum absolute atomic E-state index is 14.8. The van der Waals surface area contributed by atoms with Crippen LogP contribution in [0, 0.1) is 5.82 Å². The summed E-state index contributed by atoms with van der Waals surface area (Å²) in [7, 11) is -2.43. The van der Waals surface area contributed by atoms with E-state index in [0.29, 0.717) is 6.42 Å². The van der Waals surface area contributed by atoms with Gasteiger partial charge in [0.15, 0.2) is 0 Å². The summed E-state index contributed by atoms with van der Waals surface area (Å²) in [5, 5.41) is 3.18. The van der Waals surface area contributed by atoms with Crippen molar-refractivity contribution in [1.82, 2.24) is 9.29 Å². The lowest BCUT2D eigenvalue weighted by molar-refractivity contribution is -0.0499. The molecule has 0 saturated carbocycles. The fourth-order valence-electron chi connectivity index (χ4n) is 4.09. The zero-order valence-electron chi connectivity index (χ0n) is 16.7. The van der Waals surface area contributed by atoms with E-state index < -0.39 is 22.5 Å². The maximum Gasteiger partial charge on any atom is 0.387 e. The van der Waals surface area contributed by atoms with E-state index in [0.717, 1.165) is 34.0 Å². The van der Waals surface area contributed by atoms with E-state index in [4.69, 9.17) is 0 Å². The van der Waals surface area contributed by atoms with Crippen LogP contribution in [0.1, 0.15) is 30.0 Å². The molecule has 1 heterocycles. The fourth-order valence-corrected chi connectivity index (χ4v) is 5.53. The number of ether oxygens (including phenoxy) is 1. The van der Waals surface area contributed by atoms with Gasteiger partial charge in [-0.3, -0.25) is 0 Å². The van der Waals surface area contributed by atoms with Gasteiger partial charge in [0.1, 0.15) is 11.6 Å². The highest BCUT2D eigenvalue weighted by atomic mass is 32.2. The normalized spacial score (nSPS) is 16.4. The summed E-state index contributed by atoms with van der Waals surface area (Å²) in [6, 6.07) is 10.8. The zero-order chi connectivity index (χ0) is 22.2. The Hall–Kier alpha value is -2.78. The van der Waals surface area contributed by atoms with Gasteiger partial charge in [-0.25, -0.2) is 16.8 Å². The van der Waals surface area contributed by atoms with Crippen LogP contribution in [0.25, 0.3) is 11.3 Å². The molecule has 1 atom stereocenters. The van der Waals surface area contributed by atoms with Crippen LogP contribution in [0.15, 0.2) is 59.6 Å². The number of fused-ring (bicyclic) bond motifs is 1. The minimum atomic E-state index is -4.22. The van der Waals surface area contributed by atoms with Gasteiger partial charge in [0, 0.05) is 23.9 Å². The van der Waals surface area contributed by atoms with E-state index in [-0.39, 0.29) is 27.9 Å². The highest BCUT2D eigenvalue weighted by Gasteiger charge is 2.32. The van der Waals surface area contributed by atoms with Crippen LogP contribution < -0.4 is 10.1 Å². The first kappa shape index (κ1) is 21.5. The Morgan fingerprint density at radius 2 is 1.94 bits per heavy atom. The van der Waals surface area contributed by atoms with Crippen molar-refractivity contribution in [2.24, 2.45) is 0 Å². The van der Waals surface area contributed by atoms with Crippen molar-refractivity contribution in [2.75, 3.05) is 7.05 Å². The molecule has 0 amide bonds. The van der Waals surface area contributed by atoms with Gasteiger partial charge in [0.25, 0.3) is 10.0 Å². The Morgan fingerprint density at radius 3 is 2.65 bits per heavy atom. The van der Waals surface area contributed by atoms with Crippen LogP contribution in [0.2, 0.25) is 0 Å². The number of benzene rings is 2. The number of rotatable bonds is 6. The number of aromatic nitrogens is 1. The molecule has 1 unspecified atom stereocenters. The first-order valence-electron chi connectivity index (χ1n) is 9.79. The second kappa shape index (κ2) is 8.39. The van der Waals surface area contributed by atoms with Crippen molar-refractivity contribution in [2.45, 2.75) is 36.8 Å². The molecule has 0 aliphatic heterocycles. The Labute approximate surface area is 178 Å². The van der Waals surface area contributed by atoms with E-state index in [9.17, 15) is 21.6 Å². The molecule has 1 aliphatic rings. The third kappa shape index (κ3) is 3.95. The second-order valence-electron chi connectivity index (χ2n) is 7.28. The fraction of sp³-hybridized carbons (Fsp3) is 0.273. The molecule has 164 valence electrons. The van der Waals surface area contributed by atoms with E-state index in [1.807, 2.05) is 0 Å². The molecule has 1 aliphatic carbocycles. The third-order valence-electron chi connectivity index (χ3n) is 5.47.